The summed E-state index contributed by atoms with van der Waals surface area (Å²) in [6.07, 6.45) is 0. The standard InChI is InChI=1S/C78H48/c1-8-24-49(25-9-1)57-44-46-64-73-59(57)38-22-40-62(73)75-68(51-28-12-3-13-29-51)66-48-56(42-43-61(66)67(76(64)75)50-26-10-2-11-27-50)58-45-47-65-74-60(58)39-23-41-63(74)77-71(54-34-18-6-19-35-54)69(52-30-14-4-15-31-52)70(53-32-16-5-17-33-53)72(78(65)77)55-36-20-7-21-37-55/h1-48H. The number of benzene rings is 14. The van der Waals surface area contributed by atoms with Gasteiger partial charge in [0.25, 0.3) is 0 Å². The zero-order chi connectivity index (χ0) is 51.3. The lowest BCUT2D eigenvalue weighted by Gasteiger charge is -2.26. The SMILES string of the molecule is c1ccc(-c2c(-c3ccccc3)c(-c3ccccc3)c3c(c2-c2ccccc2)-c2cccc4c(-c5ccc6c(-c7ccccc7)c7c(c(-c8ccccc8)c6c5)-c5cccc6c(-c8ccccc8)ccc-7c56)ccc-3c24)cc1. The van der Waals surface area contributed by atoms with Crippen molar-refractivity contribution in [2.24, 2.45) is 0 Å². The highest BCUT2D eigenvalue weighted by Crippen LogP contribution is 2.63. The molecule has 0 atom stereocenters. The lowest BCUT2D eigenvalue weighted by atomic mass is 9.76. The molecule has 0 unspecified atom stereocenters. The van der Waals surface area contributed by atoms with Gasteiger partial charge in [-0.3, -0.25) is 0 Å². The third kappa shape index (κ3) is 6.60. The summed E-state index contributed by atoms with van der Waals surface area (Å²) in [5.41, 5.74) is 30.0. The second-order valence-electron chi connectivity index (χ2n) is 20.9. The van der Waals surface area contributed by atoms with Crippen molar-refractivity contribution >= 4 is 32.3 Å². The average Bonchev–Trinajstić information content (AvgIpc) is 4.18. The van der Waals surface area contributed by atoms with Crippen LogP contribution in [0.2, 0.25) is 0 Å². The van der Waals surface area contributed by atoms with Gasteiger partial charge in [0.1, 0.15) is 0 Å². The molecule has 360 valence electrons. The van der Waals surface area contributed by atoms with Crippen LogP contribution in [0.15, 0.2) is 291 Å². The molecule has 2 aliphatic carbocycles. The van der Waals surface area contributed by atoms with Crippen LogP contribution in [0, 0.1) is 0 Å². The first-order valence-corrected chi connectivity index (χ1v) is 27.2. The van der Waals surface area contributed by atoms with Crippen LogP contribution in [-0.2, 0) is 0 Å². The maximum absolute atomic E-state index is 2.51. The van der Waals surface area contributed by atoms with E-state index >= 15 is 0 Å². The highest BCUT2D eigenvalue weighted by atomic mass is 14.4. The van der Waals surface area contributed by atoms with Crippen molar-refractivity contribution in [1.29, 1.82) is 0 Å². The van der Waals surface area contributed by atoms with Crippen LogP contribution in [-0.4, -0.2) is 0 Å². The van der Waals surface area contributed by atoms with E-state index in [-0.39, 0.29) is 0 Å². The molecular weight excluding hydrogens is 937 g/mol. The normalized spacial score (nSPS) is 11.8. The van der Waals surface area contributed by atoms with E-state index < -0.39 is 0 Å². The van der Waals surface area contributed by atoms with Gasteiger partial charge in [0.05, 0.1) is 0 Å². The van der Waals surface area contributed by atoms with Crippen molar-refractivity contribution < 1.29 is 0 Å². The summed E-state index contributed by atoms with van der Waals surface area (Å²) in [4.78, 5) is 0. The third-order valence-electron chi connectivity index (χ3n) is 16.7. The number of hydrogen-bond donors (Lipinski definition) is 0. The molecule has 78 heavy (non-hydrogen) atoms. The van der Waals surface area contributed by atoms with Crippen molar-refractivity contribution in [2.75, 3.05) is 0 Å². The van der Waals surface area contributed by atoms with E-state index in [0.29, 0.717) is 0 Å². The van der Waals surface area contributed by atoms with E-state index in [0.717, 1.165) is 0 Å². The smallest absolute Gasteiger partial charge is 0.000718 e. The summed E-state index contributed by atoms with van der Waals surface area (Å²) >= 11 is 0. The zero-order valence-electron chi connectivity index (χ0n) is 42.7. The summed E-state index contributed by atoms with van der Waals surface area (Å²) in [7, 11) is 0. The summed E-state index contributed by atoms with van der Waals surface area (Å²) in [5.74, 6) is 0. The van der Waals surface area contributed by atoms with Crippen molar-refractivity contribution in [3.63, 3.8) is 0 Å². The Balaban J connectivity index is 1.00. The van der Waals surface area contributed by atoms with Gasteiger partial charge in [-0.05, 0) is 172 Å². The predicted molar refractivity (Wildman–Crippen MR) is 331 cm³/mol. The van der Waals surface area contributed by atoms with Crippen LogP contribution in [0.25, 0.3) is 166 Å². The Morgan fingerprint density at radius 1 is 0.128 bits per heavy atom. The van der Waals surface area contributed by atoms with E-state index in [1.807, 2.05) is 0 Å². The molecule has 14 aromatic rings. The molecule has 0 aliphatic heterocycles. The lowest BCUT2D eigenvalue weighted by molar-refractivity contribution is 1.54. The number of fused-ring (bicyclic) bond motifs is 7. The third-order valence-corrected chi connectivity index (χ3v) is 16.7. The van der Waals surface area contributed by atoms with Gasteiger partial charge in [0.2, 0.25) is 0 Å². The fraction of sp³-hybridized carbons (Fsp3) is 0. The van der Waals surface area contributed by atoms with Gasteiger partial charge >= 0.3 is 0 Å². The molecule has 0 N–H and O–H groups in total. The Morgan fingerprint density at radius 3 is 0.795 bits per heavy atom. The molecule has 2 aliphatic rings. The predicted octanol–water partition coefficient (Wildman–Crippen LogP) is 21.8. The maximum Gasteiger partial charge on any atom is -0.000718 e. The zero-order valence-corrected chi connectivity index (χ0v) is 42.7. The van der Waals surface area contributed by atoms with E-state index in [4.69, 9.17) is 0 Å². The molecule has 0 saturated carbocycles. The Morgan fingerprint density at radius 2 is 0.410 bits per heavy atom. The second kappa shape index (κ2) is 17.7. The van der Waals surface area contributed by atoms with Gasteiger partial charge in [0, 0.05) is 0 Å². The lowest BCUT2D eigenvalue weighted by Crippen LogP contribution is -1.99. The minimum Gasteiger partial charge on any atom is -0.0622 e. The number of hydrogen-bond acceptors (Lipinski definition) is 0. The molecule has 0 saturated heterocycles. The highest BCUT2D eigenvalue weighted by Gasteiger charge is 2.35. The largest absolute Gasteiger partial charge is 0.0622 e. The first-order chi connectivity index (χ1) is 38.8. The van der Waals surface area contributed by atoms with Gasteiger partial charge in [-0.15, -0.1) is 0 Å². The van der Waals surface area contributed by atoms with E-state index in [9.17, 15) is 0 Å². The molecule has 0 heterocycles. The van der Waals surface area contributed by atoms with E-state index in [1.54, 1.807) is 0 Å². The number of rotatable bonds is 8. The molecule has 0 aromatic heterocycles. The molecule has 0 radical (unpaired) electrons. The van der Waals surface area contributed by atoms with Crippen molar-refractivity contribution in [1.82, 2.24) is 0 Å². The minimum atomic E-state index is 1.19. The summed E-state index contributed by atoms with van der Waals surface area (Å²) < 4.78 is 0. The van der Waals surface area contributed by atoms with Crippen LogP contribution >= 0.6 is 0 Å². The molecule has 0 heteroatoms. The van der Waals surface area contributed by atoms with Gasteiger partial charge in [-0.1, -0.05) is 285 Å². The molecule has 0 nitrogen and oxygen atoms in total. The van der Waals surface area contributed by atoms with Crippen molar-refractivity contribution in [2.45, 2.75) is 0 Å². The van der Waals surface area contributed by atoms with E-state index in [1.165, 1.54) is 166 Å². The summed E-state index contributed by atoms with van der Waals surface area (Å²) in [6.45, 7) is 0. The minimum absolute atomic E-state index is 1.19. The van der Waals surface area contributed by atoms with Gasteiger partial charge in [-0.2, -0.15) is 0 Å². The fourth-order valence-electron chi connectivity index (χ4n) is 13.6. The maximum atomic E-state index is 2.51. The monoisotopic (exact) mass is 984 g/mol. The molecular formula is C78H48. The van der Waals surface area contributed by atoms with Gasteiger partial charge in [0.15, 0.2) is 0 Å². The van der Waals surface area contributed by atoms with Crippen LogP contribution in [0.3, 0.4) is 0 Å². The first kappa shape index (κ1) is 44.2. The average molecular weight is 985 g/mol. The molecule has 0 bridgehead atoms. The summed E-state index contributed by atoms with van der Waals surface area (Å²) in [6, 6.07) is 108. The fourth-order valence-corrected chi connectivity index (χ4v) is 13.6. The van der Waals surface area contributed by atoms with Crippen molar-refractivity contribution in [3.05, 3.63) is 291 Å². The Labute approximate surface area is 454 Å². The highest BCUT2D eigenvalue weighted by molar-refractivity contribution is 6.30. The second-order valence-corrected chi connectivity index (χ2v) is 20.9. The molecule has 16 rings (SSSR count). The van der Waals surface area contributed by atoms with Crippen molar-refractivity contribution in [3.8, 4) is 134 Å². The van der Waals surface area contributed by atoms with Crippen LogP contribution in [0.5, 0.6) is 0 Å². The quantitative estimate of drug-likeness (QED) is 0.142. The molecule has 0 amide bonds. The Kier molecular flexibility index (Phi) is 10.0. The van der Waals surface area contributed by atoms with Gasteiger partial charge < -0.3 is 0 Å². The van der Waals surface area contributed by atoms with Crippen LogP contribution < -0.4 is 0 Å². The Hall–Kier alpha value is -10.1. The summed E-state index contributed by atoms with van der Waals surface area (Å²) in [5, 5.41) is 7.63. The van der Waals surface area contributed by atoms with Crippen LogP contribution in [0.4, 0.5) is 0 Å². The first-order valence-electron chi connectivity index (χ1n) is 27.2. The molecule has 0 fully saturated rings. The van der Waals surface area contributed by atoms with E-state index in [2.05, 4.69) is 291 Å². The molecule has 0 spiro atoms. The topological polar surface area (TPSA) is 0 Å². The Bertz CT molecular complexity index is 4580. The van der Waals surface area contributed by atoms with Crippen LogP contribution in [0.1, 0.15) is 0 Å². The van der Waals surface area contributed by atoms with Gasteiger partial charge in [-0.25, -0.2) is 0 Å². The molecule has 14 aromatic carbocycles.